The maximum Gasteiger partial charge on any atom is 0.158 e. The number of nitrogens with zero attached hydrogens (tertiary/aromatic N) is 1. The minimum absolute atomic E-state index is 0. The van der Waals surface area contributed by atoms with Crippen LogP contribution in [0.25, 0.3) is 0 Å². The highest BCUT2D eigenvalue weighted by Crippen LogP contribution is 2.38. The van der Waals surface area contributed by atoms with E-state index >= 15 is 0 Å². The maximum absolute atomic E-state index is 13.2. The predicted octanol–water partition coefficient (Wildman–Crippen LogP) is 6.58. The fraction of sp³-hybridized carbons (Fsp3) is 0.136. The molecule has 2 atom stereocenters. The molecule has 0 bridgehead atoms. The summed E-state index contributed by atoms with van der Waals surface area (Å²) in [6.07, 6.45) is 0. The highest BCUT2D eigenvalue weighted by Gasteiger charge is 2.31. The zero-order valence-electron chi connectivity index (χ0n) is 14.9. The third kappa shape index (κ3) is 4.69. The molecule has 0 radical (unpaired) electrons. The maximum atomic E-state index is 13.2. The van der Waals surface area contributed by atoms with Gasteiger partial charge in [-0.2, -0.15) is 0 Å². The van der Waals surface area contributed by atoms with Gasteiger partial charge in [0.05, 0.1) is 6.04 Å². The molecular formula is C22H19Cl2FN2S. The monoisotopic (exact) mass is 432 g/mol. The van der Waals surface area contributed by atoms with Crippen molar-refractivity contribution < 1.29 is 4.39 Å². The van der Waals surface area contributed by atoms with Crippen molar-refractivity contribution in [2.24, 2.45) is 4.99 Å². The molecule has 3 aromatic carbocycles. The molecule has 1 aliphatic heterocycles. The van der Waals surface area contributed by atoms with E-state index in [2.05, 4.69) is 29.6 Å². The number of halogens is 3. The molecule has 3 aromatic rings. The number of aliphatic imine (C=N–C) groups is 1. The normalized spacial score (nSPS) is 18.1. The number of hydrogen-bond acceptors (Lipinski definition) is 3. The molecule has 0 aromatic heterocycles. The molecule has 0 aliphatic carbocycles. The largest absolute Gasteiger partial charge is 0.356 e. The Kier molecular flexibility index (Phi) is 7.00. The van der Waals surface area contributed by atoms with E-state index < -0.39 is 0 Å². The van der Waals surface area contributed by atoms with E-state index in [0.717, 1.165) is 10.7 Å². The second kappa shape index (κ2) is 9.46. The Morgan fingerprint density at radius 3 is 2.21 bits per heavy atom. The van der Waals surface area contributed by atoms with Crippen LogP contribution in [0, 0.1) is 5.82 Å². The van der Waals surface area contributed by atoms with Gasteiger partial charge in [0.1, 0.15) is 11.9 Å². The fourth-order valence-corrected chi connectivity index (χ4v) is 4.41. The molecular weight excluding hydrogens is 414 g/mol. The summed E-state index contributed by atoms with van der Waals surface area (Å²) < 4.78 is 13.2. The van der Waals surface area contributed by atoms with Gasteiger partial charge in [-0.05, 0) is 28.8 Å². The van der Waals surface area contributed by atoms with E-state index in [-0.39, 0.29) is 30.3 Å². The van der Waals surface area contributed by atoms with Crippen molar-refractivity contribution in [3.63, 3.8) is 0 Å². The van der Waals surface area contributed by atoms with E-state index in [1.54, 1.807) is 17.8 Å². The third-order valence-electron chi connectivity index (χ3n) is 4.53. The van der Waals surface area contributed by atoms with Gasteiger partial charge < -0.3 is 5.32 Å². The lowest BCUT2D eigenvalue weighted by molar-refractivity contribution is 0.573. The van der Waals surface area contributed by atoms with Crippen LogP contribution in [0.3, 0.4) is 0 Å². The molecule has 1 aliphatic rings. The second-order valence-corrected chi connectivity index (χ2v) is 7.72. The van der Waals surface area contributed by atoms with Gasteiger partial charge in [-0.3, -0.25) is 4.99 Å². The average molecular weight is 433 g/mol. The fourth-order valence-electron chi connectivity index (χ4n) is 3.16. The smallest absolute Gasteiger partial charge is 0.158 e. The molecule has 0 spiro atoms. The first kappa shape index (κ1) is 20.7. The summed E-state index contributed by atoms with van der Waals surface area (Å²) in [5.74, 6) is 0.312. The van der Waals surface area contributed by atoms with Crippen LogP contribution in [0.4, 0.5) is 4.39 Å². The molecule has 0 fully saturated rings. The third-order valence-corrected chi connectivity index (χ3v) is 5.83. The molecule has 6 heteroatoms. The van der Waals surface area contributed by atoms with Gasteiger partial charge in [0.25, 0.3) is 0 Å². The quantitative estimate of drug-likeness (QED) is 0.503. The SMILES string of the molecule is Cl.Fc1ccc(CSC2=NC(c3ccccc3)C(c3ccccc3)N2)c(Cl)c1. The lowest BCUT2D eigenvalue weighted by atomic mass is 9.95. The van der Waals surface area contributed by atoms with E-state index in [9.17, 15) is 4.39 Å². The van der Waals surface area contributed by atoms with Crippen LogP contribution in [-0.4, -0.2) is 5.17 Å². The van der Waals surface area contributed by atoms with E-state index in [1.807, 2.05) is 36.4 Å². The van der Waals surface area contributed by atoms with Crippen molar-refractivity contribution in [2.45, 2.75) is 17.8 Å². The summed E-state index contributed by atoms with van der Waals surface area (Å²) in [6, 6.07) is 25.3. The zero-order valence-corrected chi connectivity index (χ0v) is 17.3. The van der Waals surface area contributed by atoms with Crippen LogP contribution in [0.1, 0.15) is 28.8 Å². The van der Waals surface area contributed by atoms with Gasteiger partial charge >= 0.3 is 0 Å². The number of thioether (sulfide) groups is 1. The Balaban J connectivity index is 0.00000225. The number of nitrogens with one attached hydrogen (secondary N) is 1. The van der Waals surface area contributed by atoms with Gasteiger partial charge in [0, 0.05) is 10.8 Å². The minimum Gasteiger partial charge on any atom is -0.356 e. The summed E-state index contributed by atoms with van der Waals surface area (Å²) in [7, 11) is 0. The Labute approximate surface area is 179 Å². The lowest BCUT2D eigenvalue weighted by Crippen LogP contribution is -2.22. The van der Waals surface area contributed by atoms with Gasteiger partial charge in [0.2, 0.25) is 0 Å². The van der Waals surface area contributed by atoms with Gasteiger partial charge in [-0.1, -0.05) is 90.1 Å². The van der Waals surface area contributed by atoms with Crippen LogP contribution in [0.15, 0.2) is 83.9 Å². The zero-order chi connectivity index (χ0) is 18.6. The topological polar surface area (TPSA) is 24.4 Å². The van der Waals surface area contributed by atoms with Gasteiger partial charge in [-0.15, -0.1) is 12.4 Å². The molecule has 144 valence electrons. The minimum atomic E-state index is -0.321. The summed E-state index contributed by atoms with van der Waals surface area (Å²) in [4.78, 5) is 4.93. The summed E-state index contributed by atoms with van der Waals surface area (Å²) >= 11 is 7.74. The molecule has 2 unspecified atom stereocenters. The predicted molar refractivity (Wildman–Crippen MR) is 119 cm³/mol. The standard InChI is InChI=1S/C22H18ClFN2S.ClH/c23-19-13-18(24)12-11-17(19)14-27-22-25-20(15-7-3-1-4-8-15)21(26-22)16-9-5-2-6-10-16;/h1-13,20-21H,14H2,(H,25,26);1H. The van der Waals surface area contributed by atoms with Crippen molar-refractivity contribution in [3.8, 4) is 0 Å². The first-order valence-electron chi connectivity index (χ1n) is 8.71. The lowest BCUT2D eigenvalue weighted by Gasteiger charge is -2.19. The highest BCUT2D eigenvalue weighted by atomic mass is 35.5. The van der Waals surface area contributed by atoms with Crippen LogP contribution >= 0.6 is 35.8 Å². The molecule has 1 N–H and O–H groups in total. The summed E-state index contributed by atoms with van der Waals surface area (Å²) in [5.41, 5.74) is 3.27. The van der Waals surface area contributed by atoms with Crippen LogP contribution in [-0.2, 0) is 5.75 Å². The van der Waals surface area contributed by atoms with E-state index in [4.69, 9.17) is 16.6 Å². The van der Waals surface area contributed by atoms with Crippen LogP contribution < -0.4 is 5.32 Å². The van der Waals surface area contributed by atoms with Crippen LogP contribution in [0.5, 0.6) is 0 Å². The highest BCUT2D eigenvalue weighted by molar-refractivity contribution is 8.13. The van der Waals surface area contributed by atoms with Crippen molar-refractivity contribution in [1.29, 1.82) is 0 Å². The van der Waals surface area contributed by atoms with E-state index in [0.29, 0.717) is 10.8 Å². The molecule has 28 heavy (non-hydrogen) atoms. The van der Waals surface area contributed by atoms with Gasteiger partial charge in [-0.25, -0.2) is 4.39 Å². The molecule has 1 heterocycles. The number of benzene rings is 3. The van der Waals surface area contributed by atoms with Crippen molar-refractivity contribution in [2.75, 3.05) is 0 Å². The molecule has 0 saturated carbocycles. The van der Waals surface area contributed by atoms with Crippen molar-refractivity contribution >= 4 is 40.9 Å². The van der Waals surface area contributed by atoms with E-state index in [1.165, 1.54) is 23.3 Å². The van der Waals surface area contributed by atoms with Gasteiger partial charge in [0.15, 0.2) is 5.17 Å². The number of hydrogen-bond donors (Lipinski definition) is 1. The average Bonchev–Trinajstić information content (AvgIpc) is 3.13. The van der Waals surface area contributed by atoms with Crippen LogP contribution in [0.2, 0.25) is 5.02 Å². The Morgan fingerprint density at radius 2 is 1.57 bits per heavy atom. The molecule has 0 saturated heterocycles. The summed E-state index contributed by atoms with van der Waals surface area (Å²) in [5, 5.41) is 4.87. The summed E-state index contributed by atoms with van der Waals surface area (Å²) in [6.45, 7) is 0. The number of amidine groups is 1. The second-order valence-electron chi connectivity index (χ2n) is 6.35. The Hall–Kier alpha value is -2.01. The Bertz CT molecular complexity index is 951. The van der Waals surface area contributed by atoms with Crippen molar-refractivity contribution in [3.05, 3.63) is 106 Å². The Morgan fingerprint density at radius 1 is 0.929 bits per heavy atom. The molecule has 2 nitrogen and oxygen atoms in total. The molecule has 4 rings (SSSR count). The molecule has 0 amide bonds. The number of rotatable bonds is 4. The first-order chi connectivity index (χ1) is 13.2. The first-order valence-corrected chi connectivity index (χ1v) is 10.1. The van der Waals surface area contributed by atoms with Crippen molar-refractivity contribution in [1.82, 2.24) is 5.32 Å².